The third-order valence-corrected chi connectivity index (χ3v) is 4.41. The number of nitrogens with zero attached hydrogens (tertiary/aromatic N) is 4. The number of carbonyl (C=O) groups is 1. The van der Waals surface area contributed by atoms with Crippen molar-refractivity contribution in [2.24, 2.45) is 0 Å². The fourth-order valence-corrected chi connectivity index (χ4v) is 3.39. The normalized spacial score (nSPS) is 13.6. The van der Waals surface area contributed by atoms with E-state index in [4.69, 9.17) is 0 Å². The molecular weight excluding hydrogens is 352 g/mol. The number of amides is 1. The molecule has 7 nitrogen and oxygen atoms in total. The first-order valence-corrected chi connectivity index (χ1v) is 9.30. The molecule has 0 aliphatic heterocycles. The van der Waals surface area contributed by atoms with Crippen molar-refractivity contribution in [3.05, 3.63) is 66.5 Å². The zero-order valence-corrected chi connectivity index (χ0v) is 17.2. The molecule has 1 unspecified atom stereocenters. The second-order valence-electron chi connectivity index (χ2n) is 8.04. The summed E-state index contributed by atoms with van der Waals surface area (Å²) >= 11 is 0. The second-order valence-corrected chi connectivity index (χ2v) is 8.04. The van der Waals surface area contributed by atoms with E-state index in [9.17, 15) is 4.79 Å². The monoisotopic (exact) mass is 382 g/mol. The maximum Gasteiger partial charge on any atom is 0.243 e. The van der Waals surface area contributed by atoms with Gasteiger partial charge in [0.15, 0.2) is 5.82 Å². The summed E-state index contributed by atoms with van der Waals surface area (Å²) < 4.78 is 1.76. The first kappa shape index (κ1) is 21.5. The number of carbonyl (C=O) groups excluding carboxylic acids is 1. The largest absolute Gasteiger partial charge is 0.348 e. The lowest BCUT2D eigenvalue weighted by molar-refractivity contribution is -0.118. The maximum atomic E-state index is 11.9. The Morgan fingerprint density at radius 2 is 1.93 bits per heavy atom. The molecule has 1 aromatic heterocycles. The average Bonchev–Trinajstić information content (AvgIpc) is 3.08. The first-order valence-electron chi connectivity index (χ1n) is 9.30. The van der Waals surface area contributed by atoms with Gasteiger partial charge < -0.3 is 10.6 Å². The van der Waals surface area contributed by atoms with Crippen LogP contribution in [0.1, 0.15) is 45.5 Å². The van der Waals surface area contributed by atoms with Crippen LogP contribution < -0.4 is 10.6 Å². The van der Waals surface area contributed by atoms with Crippen LogP contribution in [0.25, 0.3) is 0 Å². The average molecular weight is 383 g/mol. The highest BCUT2D eigenvalue weighted by Gasteiger charge is 2.38. The summed E-state index contributed by atoms with van der Waals surface area (Å²) in [7, 11) is 0. The number of nitrogens with one attached hydrogen (secondary N) is 2. The SMILES string of the molecule is C=CC(=O)NC(C)(C)CC(C)(NCc1ccccc1)c1nnnn1CC(=C)C. The molecule has 0 spiro atoms. The summed E-state index contributed by atoms with van der Waals surface area (Å²) in [5, 5.41) is 18.9. The maximum absolute atomic E-state index is 11.9. The molecule has 0 aliphatic carbocycles. The number of tetrazole rings is 1. The van der Waals surface area contributed by atoms with Gasteiger partial charge in [0.1, 0.15) is 0 Å². The Morgan fingerprint density at radius 1 is 1.25 bits per heavy atom. The molecule has 0 saturated heterocycles. The lowest BCUT2D eigenvalue weighted by atomic mass is 9.84. The lowest BCUT2D eigenvalue weighted by Gasteiger charge is -2.38. The fraction of sp³-hybridized carbons (Fsp3) is 0.429. The van der Waals surface area contributed by atoms with Gasteiger partial charge in [-0.15, -0.1) is 5.10 Å². The fourth-order valence-electron chi connectivity index (χ4n) is 3.39. The van der Waals surface area contributed by atoms with Crippen LogP contribution in [0, 0.1) is 0 Å². The van der Waals surface area contributed by atoms with Crippen LogP contribution in [0.5, 0.6) is 0 Å². The molecule has 0 bridgehead atoms. The molecule has 2 rings (SSSR count). The summed E-state index contributed by atoms with van der Waals surface area (Å²) in [6.45, 7) is 16.6. The van der Waals surface area contributed by atoms with Crippen LogP contribution >= 0.6 is 0 Å². The molecule has 7 heteroatoms. The number of rotatable bonds is 10. The quantitative estimate of drug-likeness (QED) is 0.487. The summed E-state index contributed by atoms with van der Waals surface area (Å²) in [5.74, 6) is 0.490. The van der Waals surface area contributed by atoms with Crippen molar-refractivity contribution in [1.82, 2.24) is 30.8 Å². The van der Waals surface area contributed by atoms with E-state index in [0.29, 0.717) is 25.3 Å². The van der Waals surface area contributed by atoms with Crippen molar-refractivity contribution < 1.29 is 4.79 Å². The summed E-state index contributed by atoms with van der Waals surface area (Å²) in [6.07, 6.45) is 1.85. The van der Waals surface area contributed by atoms with E-state index in [-0.39, 0.29) is 5.91 Å². The topological polar surface area (TPSA) is 84.7 Å². The highest BCUT2D eigenvalue weighted by atomic mass is 16.1. The number of hydrogen-bond donors (Lipinski definition) is 2. The van der Waals surface area contributed by atoms with Crippen molar-refractivity contribution in [2.75, 3.05) is 0 Å². The lowest BCUT2D eigenvalue weighted by Crippen LogP contribution is -2.52. The van der Waals surface area contributed by atoms with Crippen molar-refractivity contribution in [2.45, 2.75) is 58.3 Å². The molecule has 0 radical (unpaired) electrons. The molecule has 2 N–H and O–H groups in total. The number of benzene rings is 1. The van der Waals surface area contributed by atoms with E-state index >= 15 is 0 Å². The van der Waals surface area contributed by atoms with Crippen LogP contribution in [0.2, 0.25) is 0 Å². The minimum absolute atomic E-state index is 0.211. The van der Waals surface area contributed by atoms with E-state index in [2.05, 4.69) is 58.4 Å². The predicted octanol–water partition coefficient (Wildman–Crippen LogP) is 2.73. The van der Waals surface area contributed by atoms with Gasteiger partial charge in [-0.25, -0.2) is 4.68 Å². The molecule has 28 heavy (non-hydrogen) atoms. The van der Waals surface area contributed by atoms with Crippen molar-refractivity contribution in [1.29, 1.82) is 0 Å². The van der Waals surface area contributed by atoms with E-state index in [1.165, 1.54) is 6.08 Å². The van der Waals surface area contributed by atoms with E-state index in [1.807, 2.05) is 39.0 Å². The first-order chi connectivity index (χ1) is 13.1. The Hall–Kier alpha value is -2.80. The van der Waals surface area contributed by atoms with Gasteiger partial charge in [0, 0.05) is 12.1 Å². The van der Waals surface area contributed by atoms with E-state index in [1.54, 1.807) is 4.68 Å². The van der Waals surface area contributed by atoms with Gasteiger partial charge in [0.25, 0.3) is 0 Å². The van der Waals surface area contributed by atoms with Gasteiger partial charge in [-0.05, 0) is 56.2 Å². The molecule has 1 heterocycles. The van der Waals surface area contributed by atoms with Crippen molar-refractivity contribution in [3.8, 4) is 0 Å². The summed E-state index contributed by atoms with van der Waals surface area (Å²) in [4.78, 5) is 11.9. The molecule has 1 amide bonds. The van der Waals surface area contributed by atoms with Gasteiger partial charge in [0.05, 0.1) is 12.1 Å². The zero-order valence-electron chi connectivity index (χ0n) is 17.2. The Morgan fingerprint density at radius 3 is 2.54 bits per heavy atom. The van der Waals surface area contributed by atoms with Crippen molar-refractivity contribution >= 4 is 5.91 Å². The zero-order chi connectivity index (χ0) is 20.8. The van der Waals surface area contributed by atoms with Gasteiger partial charge in [0.2, 0.25) is 5.91 Å². The molecular formula is C21H30N6O. The van der Waals surface area contributed by atoms with E-state index < -0.39 is 11.1 Å². The van der Waals surface area contributed by atoms with Gasteiger partial charge in [-0.1, -0.05) is 49.1 Å². The van der Waals surface area contributed by atoms with Gasteiger partial charge in [-0.2, -0.15) is 0 Å². The minimum atomic E-state index is -0.591. The third kappa shape index (κ3) is 5.85. The van der Waals surface area contributed by atoms with Crippen LogP contribution in [0.15, 0.2) is 55.1 Å². The van der Waals surface area contributed by atoms with Crippen LogP contribution in [0.3, 0.4) is 0 Å². The summed E-state index contributed by atoms with van der Waals surface area (Å²) in [6, 6.07) is 10.1. The molecule has 150 valence electrons. The minimum Gasteiger partial charge on any atom is -0.348 e. The standard InChI is InChI=1S/C21H30N6O/c1-7-18(28)23-20(4,5)15-21(6,22-13-17-11-9-8-10-12-17)19-24-25-26-27(19)14-16(2)3/h7-12,22H,1-2,13-15H2,3-6H3,(H,23,28). The molecule has 0 aliphatic rings. The number of hydrogen-bond acceptors (Lipinski definition) is 5. The van der Waals surface area contributed by atoms with Gasteiger partial charge >= 0.3 is 0 Å². The highest BCUT2D eigenvalue weighted by Crippen LogP contribution is 2.29. The van der Waals surface area contributed by atoms with Crippen LogP contribution in [-0.4, -0.2) is 31.7 Å². The summed E-state index contributed by atoms with van der Waals surface area (Å²) in [5.41, 5.74) is 1.01. The molecule has 1 atom stereocenters. The van der Waals surface area contributed by atoms with Crippen LogP contribution in [0.4, 0.5) is 0 Å². The molecule has 2 aromatic rings. The molecule has 1 aromatic carbocycles. The Balaban J connectivity index is 2.34. The number of aromatic nitrogens is 4. The smallest absolute Gasteiger partial charge is 0.243 e. The predicted molar refractivity (Wildman–Crippen MR) is 110 cm³/mol. The Kier molecular flexibility index (Phi) is 6.85. The second kappa shape index (κ2) is 8.93. The van der Waals surface area contributed by atoms with Crippen LogP contribution in [-0.2, 0) is 23.4 Å². The highest BCUT2D eigenvalue weighted by molar-refractivity contribution is 5.87. The molecule has 0 fully saturated rings. The van der Waals surface area contributed by atoms with Crippen molar-refractivity contribution in [3.63, 3.8) is 0 Å². The number of allylic oxidation sites excluding steroid dienone is 1. The Labute approximate surface area is 166 Å². The van der Waals surface area contributed by atoms with Gasteiger partial charge in [-0.3, -0.25) is 4.79 Å². The van der Waals surface area contributed by atoms with E-state index in [0.717, 1.165) is 11.1 Å². The Bertz CT molecular complexity index is 826. The third-order valence-electron chi connectivity index (χ3n) is 4.41. The molecule has 0 saturated carbocycles.